The number of aromatic nitrogens is 2. The number of fused-ring (bicyclic) bond motifs is 1. The molecule has 0 spiro atoms. The molecule has 0 atom stereocenters. The van der Waals surface area contributed by atoms with Crippen molar-refractivity contribution in [2.45, 2.75) is 6.61 Å². The molecule has 15 heavy (non-hydrogen) atoms. The summed E-state index contributed by atoms with van der Waals surface area (Å²) in [4.78, 5) is 18.3. The Morgan fingerprint density at radius 2 is 2.40 bits per heavy atom. The number of nitrogens with zero attached hydrogens (tertiary/aromatic N) is 1. The van der Waals surface area contributed by atoms with E-state index in [0.717, 1.165) is 0 Å². The minimum Gasteiger partial charge on any atom is -0.465 e. The molecule has 0 amide bonds. The smallest absolute Gasteiger partial charge is 0.340 e. The van der Waals surface area contributed by atoms with Crippen LogP contribution in [0.25, 0.3) is 11.0 Å². The average Bonchev–Trinajstić information content (AvgIpc) is 2.74. The maximum Gasteiger partial charge on any atom is 0.340 e. The van der Waals surface area contributed by atoms with Crippen molar-refractivity contribution in [3.63, 3.8) is 0 Å². The summed E-state index contributed by atoms with van der Waals surface area (Å²) in [5.74, 6) is -0.456. The number of hydrogen-bond donors (Lipinski definition) is 2. The molecule has 2 aromatic rings. The lowest BCUT2D eigenvalue weighted by Crippen LogP contribution is -2.03. The first kappa shape index (κ1) is 9.67. The molecule has 78 valence electrons. The van der Waals surface area contributed by atoms with Gasteiger partial charge in [0.1, 0.15) is 5.52 Å². The number of aliphatic hydroxyl groups excluding tert-OH is 1. The molecule has 0 saturated carbocycles. The minimum absolute atomic E-state index is 0.126. The standard InChI is InChI=1S/C10H10N2O3/c1-15-10(14)7-2-6(4-13)3-8-9(7)12-5-11-8/h2-3,5,13H,4H2,1H3,(H,11,12). The van der Waals surface area contributed by atoms with E-state index in [1.165, 1.54) is 13.4 Å². The van der Waals surface area contributed by atoms with Crippen LogP contribution in [0.4, 0.5) is 0 Å². The Morgan fingerprint density at radius 1 is 1.60 bits per heavy atom. The van der Waals surface area contributed by atoms with Crippen molar-refractivity contribution in [1.82, 2.24) is 9.97 Å². The lowest BCUT2D eigenvalue weighted by molar-refractivity contribution is 0.0602. The van der Waals surface area contributed by atoms with E-state index in [0.29, 0.717) is 22.2 Å². The second-order valence-electron chi connectivity index (χ2n) is 3.09. The lowest BCUT2D eigenvalue weighted by Gasteiger charge is -2.02. The molecular weight excluding hydrogens is 196 g/mol. The quantitative estimate of drug-likeness (QED) is 0.714. The van der Waals surface area contributed by atoms with Gasteiger partial charge in [0.05, 0.1) is 31.1 Å². The molecule has 0 unspecified atom stereocenters. The molecule has 2 rings (SSSR count). The fourth-order valence-corrected chi connectivity index (χ4v) is 1.47. The molecule has 0 fully saturated rings. The van der Waals surface area contributed by atoms with Crippen LogP contribution in [0.3, 0.4) is 0 Å². The number of ether oxygens (including phenoxy) is 1. The summed E-state index contributed by atoms with van der Waals surface area (Å²) >= 11 is 0. The fraction of sp³-hybridized carbons (Fsp3) is 0.200. The number of hydrogen-bond acceptors (Lipinski definition) is 4. The first-order valence-electron chi connectivity index (χ1n) is 4.41. The number of rotatable bonds is 2. The van der Waals surface area contributed by atoms with E-state index < -0.39 is 5.97 Å². The van der Waals surface area contributed by atoms with Crippen LogP contribution >= 0.6 is 0 Å². The second kappa shape index (κ2) is 3.70. The zero-order chi connectivity index (χ0) is 10.8. The van der Waals surface area contributed by atoms with Crippen LogP contribution in [0.15, 0.2) is 18.5 Å². The summed E-state index contributed by atoms with van der Waals surface area (Å²) in [7, 11) is 1.31. The molecule has 0 bridgehead atoms. The van der Waals surface area contributed by atoms with E-state index >= 15 is 0 Å². The van der Waals surface area contributed by atoms with E-state index in [9.17, 15) is 4.79 Å². The molecule has 5 nitrogen and oxygen atoms in total. The molecule has 1 aromatic heterocycles. The number of methoxy groups -OCH3 is 1. The number of aliphatic hydroxyl groups is 1. The Bertz CT molecular complexity index is 504. The Kier molecular flexibility index (Phi) is 2.39. The monoisotopic (exact) mass is 206 g/mol. The highest BCUT2D eigenvalue weighted by Gasteiger charge is 2.13. The predicted molar refractivity (Wildman–Crippen MR) is 53.4 cm³/mol. The van der Waals surface area contributed by atoms with Crippen molar-refractivity contribution in [2.75, 3.05) is 7.11 Å². The molecule has 0 aliphatic heterocycles. The van der Waals surface area contributed by atoms with Crippen LogP contribution in [0.5, 0.6) is 0 Å². The zero-order valence-corrected chi connectivity index (χ0v) is 8.15. The minimum atomic E-state index is -0.456. The molecule has 0 aliphatic rings. The highest BCUT2D eigenvalue weighted by Crippen LogP contribution is 2.18. The van der Waals surface area contributed by atoms with Crippen LogP contribution in [0, 0.1) is 0 Å². The van der Waals surface area contributed by atoms with Crippen molar-refractivity contribution < 1.29 is 14.6 Å². The van der Waals surface area contributed by atoms with Crippen molar-refractivity contribution in [1.29, 1.82) is 0 Å². The number of imidazole rings is 1. The van der Waals surface area contributed by atoms with Gasteiger partial charge in [-0.25, -0.2) is 9.78 Å². The Balaban J connectivity index is 2.68. The summed E-state index contributed by atoms with van der Waals surface area (Å²) in [5, 5.41) is 9.03. The van der Waals surface area contributed by atoms with E-state index in [2.05, 4.69) is 14.7 Å². The lowest BCUT2D eigenvalue weighted by atomic mass is 10.1. The maximum atomic E-state index is 11.4. The number of H-pyrrole nitrogens is 1. The number of carbonyl (C=O) groups is 1. The largest absolute Gasteiger partial charge is 0.465 e. The third kappa shape index (κ3) is 1.57. The summed E-state index contributed by atoms with van der Waals surface area (Å²) in [6, 6.07) is 3.32. The van der Waals surface area contributed by atoms with Crippen molar-refractivity contribution in [3.8, 4) is 0 Å². The first-order valence-corrected chi connectivity index (χ1v) is 4.41. The average molecular weight is 206 g/mol. The Labute approximate surface area is 85.7 Å². The van der Waals surface area contributed by atoms with E-state index in [-0.39, 0.29) is 6.61 Å². The number of nitrogens with one attached hydrogen (secondary N) is 1. The van der Waals surface area contributed by atoms with Crippen LogP contribution in [0.1, 0.15) is 15.9 Å². The predicted octanol–water partition coefficient (Wildman–Crippen LogP) is 0.842. The number of carbonyl (C=O) groups excluding carboxylic acids is 1. The highest BCUT2D eigenvalue weighted by molar-refractivity contribution is 6.02. The normalized spacial score (nSPS) is 10.5. The number of aromatic amines is 1. The van der Waals surface area contributed by atoms with Gasteiger partial charge in [0.25, 0.3) is 0 Å². The zero-order valence-electron chi connectivity index (χ0n) is 8.15. The fourth-order valence-electron chi connectivity index (χ4n) is 1.47. The summed E-state index contributed by atoms with van der Waals surface area (Å²) in [5.41, 5.74) is 2.27. The van der Waals surface area contributed by atoms with Gasteiger partial charge in [0, 0.05) is 0 Å². The van der Waals surface area contributed by atoms with E-state index in [1.807, 2.05) is 0 Å². The maximum absolute atomic E-state index is 11.4. The van der Waals surface area contributed by atoms with Gasteiger partial charge in [-0.1, -0.05) is 0 Å². The van der Waals surface area contributed by atoms with Crippen molar-refractivity contribution in [2.24, 2.45) is 0 Å². The summed E-state index contributed by atoms with van der Waals surface area (Å²) in [6.07, 6.45) is 1.50. The Morgan fingerprint density at radius 3 is 3.07 bits per heavy atom. The Hall–Kier alpha value is -1.88. The van der Waals surface area contributed by atoms with Crippen LogP contribution in [0.2, 0.25) is 0 Å². The number of esters is 1. The molecular formula is C10H10N2O3. The van der Waals surface area contributed by atoms with Gasteiger partial charge in [-0.2, -0.15) is 0 Å². The molecule has 1 heterocycles. The molecule has 0 aliphatic carbocycles. The summed E-state index contributed by atoms with van der Waals surface area (Å²) < 4.78 is 4.64. The van der Waals surface area contributed by atoms with Crippen molar-refractivity contribution >= 4 is 17.0 Å². The molecule has 2 N–H and O–H groups in total. The molecule has 0 saturated heterocycles. The SMILES string of the molecule is COC(=O)c1cc(CO)cc2[nH]cnc12. The van der Waals surface area contributed by atoms with Gasteiger partial charge in [0.15, 0.2) is 0 Å². The van der Waals surface area contributed by atoms with Gasteiger partial charge >= 0.3 is 5.97 Å². The number of benzene rings is 1. The van der Waals surface area contributed by atoms with Gasteiger partial charge in [-0.3, -0.25) is 0 Å². The van der Waals surface area contributed by atoms with Crippen LogP contribution < -0.4 is 0 Å². The van der Waals surface area contributed by atoms with Gasteiger partial charge < -0.3 is 14.8 Å². The first-order chi connectivity index (χ1) is 7.26. The van der Waals surface area contributed by atoms with Gasteiger partial charge in [-0.05, 0) is 17.7 Å². The van der Waals surface area contributed by atoms with Crippen LogP contribution in [-0.4, -0.2) is 28.2 Å². The molecule has 0 radical (unpaired) electrons. The molecule has 1 aromatic carbocycles. The highest BCUT2D eigenvalue weighted by atomic mass is 16.5. The summed E-state index contributed by atoms with van der Waals surface area (Å²) in [6.45, 7) is -0.126. The second-order valence-corrected chi connectivity index (χ2v) is 3.09. The van der Waals surface area contributed by atoms with Crippen molar-refractivity contribution in [3.05, 3.63) is 29.6 Å². The van der Waals surface area contributed by atoms with E-state index in [4.69, 9.17) is 5.11 Å². The third-order valence-corrected chi connectivity index (χ3v) is 2.17. The topological polar surface area (TPSA) is 75.2 Å². The van der Waals surface area contributed by atoms with Gasteiger partial charge in [-0.15, -0.1) is 0 Å². The van der Waals surface area contributed by atoms with E-state index in [1.54, 1.807) is 12.1 Å². The van der Waals surface area contributed by atoms with Gasteiger partial charge in [0.2, 0.25) is 0 Å². The third-order valence-electron chi connectivity index (χ3n) is 2.17. The van der Waals surface area contributed by atoms with Crippen LogP contribution in [-0.2, 0) is 11.3 Å². The molecule has 5 heteroatoms.